The van der Waals surface area contributed by atoms with Crippen molar-refractivity contribution < 1.29 is 9.53 Å². The summed E-state index contributed by atoms with van der Waals surface area (Å²) < 4.78 is 5.04. The molecule has 1 aliphatic rings. The molecule has 0 aliphatic carbocycles. The maximum absolute atomic E-state index is 11.5. The molecule has 2 heteroatoms. The van der Waals surface area contributed by atoms with E-state index in [1.54, 1.807) is 0 Å². The van der Waals surface area contributed by atoms with Crippen molar-refractivity contribution in [3.05, 3.63) is 41.5 Å². The normalized spacial score (nSPS) is 21.8. The lowest BCUT2D eigenvalue weighted by atomic mass is 9.90. The maximum atomic E-state index is 11.5. The Bertz CT molecular complexity index is 431. The second-order valence-electron chi connectivity index (χ2n) is 4.41. The van der Waals surface area contributed by atoms with Gasteiger partial charge in [0.25, 0.3) is 0 Å². The third-order valence-electron chi connectivity index (χ3n) is 3.14. The summed E-state index contributed by atoms with van der Waals surface area (Å²) in [4.78, 5) is 11.5. The molecule has 2 rings (SSSR count). The van der Waals surface area contributed by atoms with Crippen LogP contribution >= 0.6 is 0 Å². The van der Waals surface area contributed by atoms with Crippen LogP contribution in [0.4, 0.5) is 0 Å². The lowest BCUT2D eigenvalue weighted by Gasteiger charge is -2.29. The Kier molecular flexibility index (Phi) is 3.62. The van der Waals surface area contributed by atoms with E-state index in [1.807, 2.05) is 25.1 Å². The molecule has 2 nitrogen and oxygen atoms in total. The molecule has 1 fully saturated rings. The van der Waals surface area contributed by atoms with Crippen LogP contribution in [0.15, 0.2) is 35.9 Å². The fourth-order valence-corrected chi connectivity index (χ4v) is 2.19. The Morgan fingerprint density at radius 3 is 2.53 bits per heavy atom. The SMILES string of the molecule is CCCC/C(=C1/C(=O)OC1C)c1ccccc1. The Morgan fingerprint density at radius 2 is 2.00 bits per heavy atom. The summed E-state index contributed by atoms with van der Waals surface area (Å²) >= 11 is 0. The zero-order valence-electron chi connectivity index (χ0n) is 10.4. The van der Waals surface area contributed by atoms with Crippen LogP contribution in [0.25, 0.3) is 5.57 Å². The van der Waals surface area contributed by atoms with Gasteiger partial charge in [0, 0.05) is 0 Å². The Balaban J connectivity index is 2.35. The van der Waals surface area contributed by atoms with E-state index >= 15 is 0 Å². The quantitative estimate of drug-likeness (QED) is 0.584. The van der Waals surface area contributed by atoms with Gasteiger partial charge in [0.05, 0.1) is 5.57 Å². The average molecular weight is 230 g/mol. The lowest BCUT2D eigenvalue weighted by Crippen LogP contribution is -2.35. The molecule has 0 N–H and O–H groups in total. The summed E-state index contributed by atoms with van der Waals surface area (Å²) in [5.41, 5.74) is 3.18. The number of benzene rings is 1. The first-order valence-electron chi connectivity index (χ1n) is 6.23. The number of hydrogen-bond donors (Lipinski definition) is 0. The molecule has 17 heavy (non-hydrogen) atoms. The van der Waals surface area contributed by atoms with Crippen LogP contribution < -0.4 is 0 Å². The fraction of sp³-hybridized carbons (Fsp3) is 0.400. The van der Waals surface area contributed by atoms with E-state index < -0.39 is 0 Å². The molecule has 0 radical (unpaired) electrons. The number of carbonyl (C=O) groups is 1. The van der Waals surface area contributed by atoms with Gasteiger partial charge in [0.1, 0.15) is 6.10 Å². The van der Waals surface area contributed by atoms with Crippen LogP contribution in [-0.4, -0.2) is 12.1 Å². The minimum Gasteiger partial charge on any atom is -0.454 e. The van der Waals surface area contributed by atoms with Crippen molar-refractivity contribution in [1.29, 1.82) is 0 Å². The highest BCUT2D eigenvalue weighted by atomic mass is 16.6. The molecular weight excluding hydrogens is 212 g/mol. The van der Waals surface area contributed by atoms with Crippen molar-refractivity contribution in [1.82, 2.24) is 0 Å². The molecule has 1 atom stereocenters. The molecule has 0 bridgehead atoms. The Hall–Kier alpha value is -1.57. The van der Waals surface area contributed by atoms with E-state index in [-0.39, 0.29) is 12.1 Å². The number of allylic oxidation sites excluding steroid dienone is 1. The van der Waals surface area contributed by atoms with Gasteiger partial charge >= 0.3 is 5.97 Å². The van der Waals surface area contributed by atoms with Gasteiger partial charge in [-0.1, -0.05) is 43.7 Å². The molecule has 1 unspecified atom stereocenters. The number of ether oxygens (including phenoxy) is 1. The third-order valence-corrected chi connectivity index (χ3v) is 3.14. The molecule has 1 aromatic carbocycles. The third kappa shape index (κ3) is 2.41. The first kappa shape index (κ1) is 11.9. The van der Waals surface area contributed by atoms with Crippen molar-refractivity contribution in [2.24, 2.45) is 0 Å². The average Bonchev–Trinajstić information content (AvgIpc) is 2.35. The van der Waals surface area contributed by atoms with Crippen molar-refractivity contribution in [2.75, 3.05) is 0 Å². The van der Waals surface area contributed by atoms with Gasteiger partial charge in [-0.15, -0.1) is 0 Å². The minimum atomic E-state index is -0.146. The summed E-state index contributed by atoms with van der Waals surface area (Å²) in [6.45, 7) is 4.10. The van der Waals surface area contributed by atoms with Gasteiger partial charge in [0.15, 0.2) is 0 Å². The van der Waals surface area contributed by atoms with Gasteiger partial charge in [0.2, 0.25) is 0 Å². The van der Waals surface area contributed by atoms with Crippen molar-refractivity contribution in [3.8, 4) is 0 Å². The molecule has 1 saturated heterocycles. The maximum Gasteiger partial charge on any atom is 0.338 e. The summed E-state index contributed by atoms with van der Waals surface area (Å²) in [5.74, 6) is -0.146. The lowest BCUT2D eigenvalue weighted by molar-refractivity contribution is -0.154. The number of rotatable bonds is 4. The van der Waals surface area contributed by atoms with Gasteiger partial charge in [-0.05, 0) is 30.9 Å². The second-order valence-corrected chi connectivity index (χ2v) is 4.41. The molecule has 0 amide bonds. The molecule has 0 spiro atoms. The van der Waals surface area contributed by atoms with E-state index in [1.165, 1.54) is 0 Å². The number of hydrogen-bond acceptors (Lipinski definition) is 2. The first-order chi connectivity index (χ1) is 8.24. The minimum absolute atomic E-state index is 0.0467. The van der Waals surface area contributed by atoms with Crippen LogP contribution in [0.3, 0.4) is 0 Å². The zero-order valence-corrected chi connectivity index (χ0v) is 10.4. The molecule has 1 aliphatic heterocycles. The molecular formula is C15H18O2. The van der Waals surface area contributed by atoms with Crippen LogP contribution in [0.5, 0.6) is 0 Å². The standard InChI is InChI=1S/C15H18O2/c1-3-4-10-13(12-8-6-5-7-9-12)14-11(2)17-15(14)16/h5-9,11H,3-4,10H2,1-2H3/b14-13-. The number of carbonyl (C=O) groups excluding carboxylic acids is 1. The van der Waals surface area contributed by atoms with Gasteiger partial charge in [-0.2, -0.15) is 0 Å². The van der Waals surface area contributed by atoms with E-state index in [0.29, 0.717) is 0 Å². The van der Waals surface area contributed by atoms with Crippen LogP contribution in [0.2, 0.25) is 0 Å². The Labute approximate surface area is 102 Å². The van der Waals surface area contributed by atoms with Crippen LogP contribution in [0.1, 0.15) is 38.7 Å². The second kappa shape index (κ2) is 5.17. The predicted molar refractivity (Wildman–Crippen MR) is 68.4 cm³/mol. The predicted octanol–water partition coefficient (Wildman–Crippen LogP) is 3.58. The summed E-state index contributed by atoms with van der Waals surface area (Å²) in [6.07, 6.45) is 3.14. The van der Waals surface area contributed by atoms with Crippen molar-refractivity contribution in [2.45, 2.75) is 39.2 Å². The van der Waals surface area contributed by atoms with Crippen molar-refractivity contribution >= 4 is 11.5 Å². The molecule has 1 aromatic rings. The van der Waals surface area contributed by atoms with E-state index in [9.17, 15) is 4.79 Å². The van der Waals surface area contributed by atoms with Crippen LogP contribution in [-0.2, 0) is 9.53 Å². The van der Waals surface area contributed by atoms with Crippen molar-refractivity contribution in [3.63, 3.8) is 0 Å². The number of cyclic esters (lactones) is 1. The topological polar surface area (TPSA) is 26.3 Å². The fourth-order valence-electron chi connectivity index (χ4n) is 2.19. The van der Waals surface area contributed by atoms with E-state index in [0.717, 1.165) is 36.0 Å². The van der Waals surface area contributed by atoms with Gasteiger partial charge in [-0.25, -0.2) is 4.79 Å². The summed E-state index contributed by atoms with van der Waals surface area (Å²) in [6, 6.07) is 10.1. The monoisotopic (exact) mass is 230 g/mol. The largest absolute Gasteiger partial charge is 0.454 e. The zero-order chi connectivity index (χ0) is 12.3. The highest BCUT2D eigenvalue weighted by Gasteiger charge is 2.34. The summed E-state index contributed by atoms with van der Waals surface area (Å²) in [7, 11) is 0. The van der Waals surface area contributed by atoms with Gasteiger partial charge < -0.3 is 4.74 Å². The first-order valence-corrected chi connectivity index (χ1v) is 6.23. The molecule has 0 aromatic heterocycles. The number of esters is 1. The summed E-state index contributed by atoms with van der Waals surface area (Å²) in [5, 5.41) is 0. The molecule has 0 saturated carbocycles. The highest BCUT2D eigenvalue weighted by Crippen LogP contribution is 2.33. The van der Waals surface area contributed by atoms with E-state index in [2.05, 4.69) is 19.1 Å². The molecule has 1 heterocycles. The smallest absolute Gasteiger partial charge is 0.338 e. The molecule has 90 valence electrons. The van der Waals surface area contributed by atoms with E-state index in [4.69, 9.17) is 4.74 Å². The van der Waals surface area contributed by atoms with Crippen LogP contribution in [0, 0.1) is 0 Å². The highest BCUT2D eigenvalue weighted by molar-refractivity contribution is 6.03. The number of unbranched alkanes of at least 4 members (excludes halogenated alkanes) is 1. The Morgan fingerprint density at radius 1 is 1.29 bits per heavy atom. The van der Waals surface area contributed by atoms with Gasteiger partial charge in [-0.3, -0.25) is 0 Å².